The minimum Gasteiger partial charge on any atom is -0.131 e. The lowest BCUT2D eigenvalue weighted by atomic mass is 10.9. The molecule has 3 heteroatoms. The van der Waals surface area contributed by atoms with Gasteiger partial charge in [-0.15, -0.1) is 15.3 Å². The van der Waals surface area contributed by atoms with E-state index < -0.39 is 8.07 Å². The molecule has 0 nitrogen and oxygen atoms in total. The molecule has 0 bridgehead atoms. The van der Waals surface area contributed by atoms with E-state index in [2.05, 4.69) is 29.1 Å². The molecule has 0 aromatic heterocycles. The van der Waals surface area contributed by atoms with Crippen LogP contribution in [0.1, 0.15) is 13.8 Å². The highest BCUT2D eigenvalue weighted by Crippen LogP contribution is 2.36. The predicted octanol–water partition coefficient (Wildman–Crippen LogP) is 3.61. The Morgan fingerprint density at radius 2 is 1.64 bits per heavy atom. The summed E-state index contributed by atoms with van der Waals surface area (Å²) in [4.78, 5) is 0. The summed E-state index contributed by atoms with van der Waals surface area (Å²) in [6.07, 6.45) is 0. The van der Waals surface area contributed by atoms with E-state index in [4.69, 9.17) is 0 Å². The van der Waals surface area contributed by atoms with Crippen LogP contribution < -0.4 is 0 Å². The second kappa shape index (κ2) is 4.24. The van der Waals surface area contributed by atoms with Crippen LogP contribution in [-0.2, 0) is 0 Å². The van der Waals surface area contributed by atoms with E-state index in [0.717, 1.165) is 0 Å². The molecule has 0 spiro atoms. The van der Waals surface area contributed by atoms with Crippen LogP contribution in [0, 0.1) is 0 Å². The summed E-state index contributed by atoms with van der Waals surface area (Å²) in [6, 6.07) is 9.54. The number of halogens is 1. The molecule has 66 valence electrons. The number of hydrogen-bond donors (Lipinski definition) is 0. The third-order valence-electron chi connectivity index (χ3n) is 3.48. The summed E-state index contributed by atoms with van der Waals surface area (Å²) in [5, 5.41) is 0. The van der Waals surface area contributed by atoms with E-state index in [1.807, 2.05) is 0 Å². The van der Waals surface area contributed by atoms with Gasteiger partial charge in [0.25, 0.3) is 0 Å². The first-order valence-corrected chi connectivity index (χ1v) is 12.5. The lowest BCUT2D eigenvalue weighted by Gasteiger charge is -2.35. The van der Waals surface area contributed by atoms with Crippen LogP contribution >= 0.6 is 15.3 Å². The Bertz CT molecular complexity index is 113. The monoisotopic (exact) mass is 250 g/mol. The average Bonchev–Trinajstić information content (AvgIpc) is 2.07. The first-order chi connectivity index (χ1) is 5.22. The molecular weight excluding hydrogens is 232 g/mol. The second-order valence-electron chi connectivity index (χ2n) is 3.88. The molecule has 0 aliphatic carbocycles. The normalized spacial score (nSPS) is 25.4. The van der Waals surface area contributed by atoms with Crippen LogP contribution in [0.4, 0.5) is 0 Å². The third kappa shape index (κ3) is 2.42. The fraction of sp³-hybridized carbons (Fsp3) is 1.00. The van der Waals surface area contributed by atoms with Gasteiger partial charge in [-0.05, 0) is 0 Å². The average molecular weight is 251 g/mol. The lowest BCUT2D eigenvalue weighted by Crippen LogP contribution is -2.37. The molecule has 0 saturated carbocycles. The van der Waals surface area contributed by atoms with Crippen molar-refractivity contribution < 1.29 is 0 Å². The van der Waals surface area contributed by atoms with Crippen LogP contribution in [0.3, 0.4) is 0 Å². The summed E-state index contributed by atoms with van der Waals surface area (Å²) < 4.78 is 0. The summed E-state index contributed by atoms with van der Waals surface area (Å²) in [5.74, 6) is 0. The molecule has 1 rings (SSSR count). The van der Waals surface area contributed by atoms with Gasteiger partial charge in [0.1, 0.15) is 7.42 Å². The Labute approximate surface area is 81.0 Å². The van der Waals surface area contributed by atoms with E-state index in [-0.39, 0.29) is 7.42 Å². The molecule has 0 radical (unpaired) electrons. The third-order valence-corrected chi connectivity index (χ3v) is 14.9. The number of hydrogen-bond acceptors (Lipinski definition) is 0. The fourth-order valence-electron chi connectivity index (χ4n) is 2.15. The van der Waals surface area contributed by atoms with Crippen molar-refractivity contribution in [2.24, 2.45) is 0 Å². The highest BCUT2D eigenvalue weighted by atomic mass is 79.9. The minimum absolute atomic E-state index is 0.357. The van der Waals surface area contributed by atoms with Crippen molar-refractivity contribution in [2.75, 3.05) is 0 Å². The van der Waals surface area contributed by atoms with Crippen molar-refractivity contribution in [3.8, 4) is 0 Å². The van der Waals surface area contributed by atoms with Gasteiger partial charge in [-0.2, -0.15) is 0 Å². The first kappa shape index (κ1) is 10.00. The molecule has 0 atom stereocenters. The van der Waals surface area contributed by atoms with Gasteiger partial charge in [0.15, 0.2) is 0 Å². The van der Waals surface area contributed by atoms with Crippen LogP contribution in [0.15, 0.2) is 0 Å². The maximum atomic E-state index is 3.86. The number of rotatable bonds is 2. The standard InChI is InChI=1S/C8H19BrSi2/c1-3-11(4-2)7-5-10(9)6-8-11/h10H,3-8H2,1-2H3. The van der Waals surface area contributed by atoms with Crippen LogP contribution in [0.25, 0.3) is 0 Å². The highest BCUT2D eigenvalue weighted by Gasteiger charge is 2.33. The fourth-order valence-corrected chi connectivity index (χ4v) is 16.1. The zero-order valence-electron chi connectivity index (χ0n) is 7.70. The zero-order valence-corrected chi connectivity index (χ0v) is 11.4. The lowest BCUT2D eigenvalue weighted by molar-refractivity contribution is 1.07. The molecule has 0 amide bonds. The van der Waals surface area contributed by atoms with E-state index >= 15 is 0 Å². The molecule has 1 heterocycles. The van der Waals surface area contributed by atoms with Crippen molar-refractivity contribution in [1.82, 2.24) is 0 Å². The van der Waals surface area contributed by atoms with Gasteiger partial charge in [0.05, 0.1) is 8.07 Å². The highest BCUT2D eigenvalue weighted by molar-refractivity contribution is 9.24. The molecule has 0 aromatic rings. The molecule has 0 aromatic carbocycles. The Morgan fingerprint density at radius 1 is 1.18 bits per heavy atom. The molecule has 0 N–H and O–H groups in total. The summed E-state index contributed by atoms with van der Waals surface area (Å²) in [7, 11) is -1.03. The molecule has 1 fully saturated rings. The van der Waals surface area contributed by atoms with E-state index in [1.54, 1.807) is 24.2 Å². The Kier molecular flexibility index (Phi) is 3.85. The first-order valence-electron chi connectivity index (χ1n) is 4.86. The van der Waals surface area contributed by atoms with Gasteiger partial charge in [-0.1, -0.05) is 50.1 Å². The van der Waals surface area contributed by atoms with Crippen molar-refractivity contribution in [3.63, 3.8) is 0 Å². The van der Waals surface area contributed by atoms with Crippen LogP contribution in [0.5, 0.6) is 0 Å². The topological polar surface area (TPSA) is 0 Å². The maximum Gasteiger partial charge on any atom is 0.114 e. The molecule has 1 saturated heterocycles. The van der Waals surface area contributed by atoms with E-state index in [1.165, 1.54) is 12.1 Å². The van der Waals surface area contributed by atoms with Crippen LogP contribution in [-0.4, -0.2) is 15.5 Å². The Balaban J connectivity index is 2.45. The SMILES string of the molecule is CC[Si]1(CC)CC[SiH](Br)CC1. The summed E-state index contributed by atoms with van der Waals surface area (Å²) >= 11 is 3.86. The van der Waals surface area contributed by atoms with Gasteiger partial charge in [0, 0.05) is 0 Å². The predicted molar refractivity (Wildman–Crippen MR) is 62.0 cm³/mol. The van der Waals surface area contributed by atoms with Crippen molar-refractivity contribution in [2.45, 2.75) is 50.1 Å². The van der Waals surface area contributed by atoms with Gasteiger partial charge >= 0.3 is 0 Å². The second-order valence-corrected chi connectivity index (χ2v) is 15.5. The molecule has 11 heavy (non-hydrogen) atoms. The van der Waals surface area contributed by atoms with Crippen molar-refractivity contribution >= 4 is 30.8 Å². The Morgan fingerprint density at radius 3 is 2.00 bits per heavy atom. The van der Waals surface area contributed by atoms with Gasteiger partial charge in [-0.25, -0.2) is 0 Å². The van der Waals surface area contributed by atoms with Crippen molar-refractivity contribution in [3.05, 3.63) is 0 Å². The smallest absolute Gasteiger partial charge is 0.114 e. The zero-order chi connectivity index (χ0) is 8.32. The van der Waals surface area contributed by atoms with Crippen molar-refractivity contribution in [1.29, 1.82) is 0 Å². The molecule has 1 aliphatic rings. The van der Waals surface area contributed by atoms with E-state index in [9.17, 15) is 0 Å². The molecule has 1 aliphatic heterocycles. The quantitative estimate of drug-likeness (QED) is 0.519. The molecule has 0 unspecified atom stereocenters. The van der Waals surface area contributed by atoms with Gasteiger partial charge in [0.2, 0.25) is 0 Å². The van der Waals surface area contributed by atoms with E-state index in [0.29, 0.717) is 0 Å². The minimum atomic E-state index is -0.668. The van der Waals surface area contributed by atoms with Crippen LogP contribution in [0.2, 0.25) is 36.3 Å². The Hall–Kier alpha value is 0.914. The summed E-state index contributed by atoms with van der Waals surface area (Å²) in [6.45, 7) is 4.84. The largest absolute Gasteiger partial charge is 0.131 e. The van der Waals surface area contributed by atoms with Gasteiger partial charge < -0.3 is 0 Å². The maximum absolute atomic E-state index is 3.86. The summed E-state index contributed by atoms with van der Waals surface area (Å²) in [5.41, 5.74) is 0. The van der Waals surface area contributed by atoms with Gasteiger partial charge in [-0.3, -0.25) is 0 Å². The molecular formula is C8H19BrSi2.